The number of amidine groups is 2. The molecule has 1 fully saturated rings. The van der Waals surface area contributed by atoms with Gasteiger partial charge in [0, 0.05) is 31.7 Å². The highest BCUT2D eigenvalue weighted by Gasteiger charge is 2.36. The molecule has 162 valence electrons. The molecular formula is C20H21BrN6O3S. The summed E-state index contributed by atoms with van der Waals surface area (Å²) in [7, 11) is 3.89. The minimum absolute atomic E-state index is 0.0468. The fraction of sp³-hybridized carbons (Fsp3) is 0.350. The maximum atomic E-state index is 12.6. The van der Waals surface area contributed by atoms with E-state index in [0.717, 1.165) is 27.5 Å². The van der Waals surface area contributed by atoms with Gasteiger partial charge in [0.2, 0.25) is 11.1 Å². The molecule has 2 amide bonds. The van der Waals surface area contributed by atoms with Crippen LogP contribution in [0.4, 0.5) is 5.69 Å². The van der Waals surface area contributed by atoms with Crippen molar-refractivity contribution >= 4 is 67.3 Å². The van der Waals surface area contributed by atoms with E-state index in [4.69, 9.17) is 10.1 Å². The molecule has 31 heavy (non-hydrogen) atoms. The van der Waals surface area contributed by atoms with Gasteiger partial charge in [-0.15, -0.1) is 0 Å². The number of nitrogens with zero attached hydrogens (tertiary/aromatic N) is 5. The minimum atomic E-state index is -0.493. The number of benzene rings is 1. The van der Waals surface area contributed by atoms with E-state index in [9.17, 15) is 9.59 Å². The Morgan fingerprint density at radius 3 is 2.77 bits per heavy atom. The number of hydrazone groups is 1. The van der Waals surface area contributed by atoms with E-state index in [1.54, 1.807) is 11.0 Å². The van der Waals surface area contributed by atoms with E-state index >= 15 is 0 Å². The van der Waals surface area contributed by atoms with Crippen molar-refractivity contribution in [2.24, 2.45) is 10.1 Å². The predicted octanol–water partition coefficient (Wildman–Crippen LogP) is 2.38. The molecule has 0 saturated carbocycles. The molecular weight excluding hydrogens is 484 g/mol. The van der Waals surface area contributed by atoms with E-state index in [2.05, 4.69) is 26.0 Å². The first kappa shape index (κ1) is 21.7. The number of morpholine rings is 1. The maximum absolute atomic E-state index is 12.6. The summed E-state index contributed by atoms with van der Waals surface area (Å²) in [6.07, 6.45) is 1.74. The van der Waals surface area contributed by atoms with Crippen LogP contribution in [0.1, 0.15) is 12.0 Å². The molecule has 1 N–H and O–H groups in total. The normalized spacial score (nSPS) is 20.0. The zero-order valence-electron chi connectivity index (χ0n) is 17.1. The van der Waals surface area contributed by atoms with Crippen LogP contribution in [0.15, 0.2) is 38.3 Å². The number of thioether (sulfide) groups is 1. The van der Waals surface area contributed by atoms with Crippen molar-refractivity contribution < 1.29 is 14.3 Å². The molecule has 0 atom stereocenters. The molecule has 1 aromatic rings. The second-order valence-corrected chi connectivity index (χ2v) is 9.18. The van der Waals surface area contributed by atoms with Crippen LogP contribution in [0.25, 0.3) is 6.08 Å². The second-order valence-electron chi connectivity index (χ2n) is 7.29. The van der Waals surface area contributed by atoms with E-state index in [1.807, 2.05) is 37.2 Å². The Kier molecular flexibility index (Phi) is 6.26. The summed E-state index contributed by atoms with van der Waals surface area (Å²) in [5.41, 5.74) is 1.92. The van der Waals surface area contributed by atoms with Crippen molar-refractivity contribution in [2.45, 2.75) is 6.42 Å². The molecule has 3 heterocycles. The molecule has 1 aromatic carbocycles. The largest absolute Gasteiger partial charge is 0.378 e. The summed E-state index contributed by atoms with van der Waals surface area (Å²) in [4.78, 5) is 32.9. The maximum Gasteiger partial charge on any atom is 0.283 e. The quantitative estimate of drug-likeness (QED) is 0.631. The zero-order chi connectivity index (χ0) is 22.1. The number of hydrogen-bond acceptors (Lipinski definition) is 7. The predicted molar refractivity (Wildman–Crippen MR) is 125 cm³/mol. The van der Waals surface area contributed by atoms with Gasteiger partial charge < -0.3 is 14.5 Å². The first-order valence-corrected chi connectivity index (χ1v) is 11.3. The van der Waals surface area contributed by atoms with E-state index in [-0.39, 0.29) is 23.7 Å². The van der Waals surface area contributed by atoms with Crippen molar-refractivity contribution in [3.63, 3.8) is 0 Å². The molecule has 3 aliphatic heterocycles. The van der Waals surface area contributed by atoms with E-state index in [0.29, 0.717) is 36.5 Å². The van der Waals surface area contributed by atoms with Gasteiger partial charge >= 0.3 is 0 Å². The summed E-state index contributed by atoms with van der Waals surface area (Å²) in [6.45, 7) is 2.18. The molecule has 0 radical (unpaired) electrons. The molecule has 9 nitrogen and oxygen atoms in total. The summed E-state index contributed by atoms with van der Waals surface area (Å²) >= 11 is 4.69. The van der Waals surface area contributed by atoms with Gasteiger partial charge in [-0.25, -0.2) is 0 Å². The van der Waals surface area contributed by atoms with Crippen LogP contribution in [0.5, 0.6) is 0 Å². The Balaban J connectivity index is 1.53. The van der Waals surface area contributed by atoms with Crippen molar-refractivity contribution in [3.8, 4) is 0 Å². The molecule has 0 unspecified atom stereocenters. The Hall–Kier alpha value is -2.50. The van der Waals surface area contributed by atoms with Crippen LogP contribution in [-0.2, 0) is 14.3 Å². The van der Waals surface area contributed by atoms with E-state index in [1.165, 1.54) is 5.01 Å². The van der Waals surface area contributed by atoms with Crippen molar-refractivity contribution in [1.29, 1.82) is 5.41 Å². The Labute approximate surface area is 192 Å². The van der Waals surface area contributed by atoms with Crippen molar-refractivity contribution in [1.82, 2.24) is 9.91 Å². The number of carbonyl (C=O) groups is 2. The second kappa shape index (κ2) is 8.93. The fourth-order valence-corrected chi connectivity index (χ4v) is 4.93. The van der Waals surface area contributed by atoms with Gasteiger partial charge in [0.05, 0.1) is 30.9 Å². The third-order valence-corrected chi connectivity index (χ3v) is 6.47. The summed E-state index contributed by atoms with van der Waals surface area (Å²) < 4.78 is 6.15. The van der Waals surface area contributed by atoms with Crippen LogP contribution >= 0.6 is 27.7 Å². The highest BCUT2D eigenvalue weighted by molar-refractivity contribution is 9.10. The lowest BCUT2D eigenvalue weighted by Gasteiger charge is -2.26. The number of nitrogens with one attached hydrogen (secondary N) is 1. The Bertz CT molecular complexity index is 1050. The Morgan fingerprint density at radius 1 is 1.35 bits per heavy atom. The molecule has 0 bridgehead atoms. The van der Waals surface area contributed by atoms with Crippen molar-refractivity contribution in [2.75, 3.05) is 45.3 Å². The standard InChI is InChI=1S/C20H21BrN6O3S/c1-25(2)15-4-3-12(10-14(15)21)9-13-18(22)27-20(23-19(13)29)31-16(24-27)11-17(28)26-5-7-30-8-6-26/h3-4,9-10,22H,5-8,11H2,1-2H3/b13-9+,22-18?. The molecule has 1 saturated heterocycles. The lowest BCUT2D eigenvalue weighted by molar-refractivity contribution is -0.133. The minimum Gasteiger partial charge on any atom is -0.378 e. The van der Waals surface area contributed by atoms with Crippen LogP contribution in [0.2, 0.25) is 0 Å². The Morgan fingerprint density at radius 2 is 2.10 bits per heavy atom. The first-order chi connectivity index (χ1) is 14.8. The molecule has 3 aliphatic rings. The van der Waals surface area contributed by atoms with E-state index < -0.39 is 5.91 Å². The number of halogens is 1. The number of aliphatic imine (C=N–C) groups is 1. The number of anilines is 1. The van der Waals surface area contributed by atoms with Crippen LogP contribution in [0, 0.1) is 5.41 Å². The van der Waals surface area contributed by atoms with Gasteiger partial charge in [0.15, 0.2) is 5.84 Å². The molecule has 11 heteroatoms. The van der Waals surface area contributed by atoms with Gasteiger partial charge in [-0.3, -0.25) is 15.0 Å². The lowest BCUT2D eigenvalue weighted by atomic mass is 10.1. The SMILES string of the molecule is CN(C)c1ccc(/C=C2\C(=N)N3N=C(CC(=O)N4CCOCC4)SC3=NC2=O)cc1Br. The van der Waals surface area contributed by atoms with Crippen LogP contribution < -0.4 is 4.90 Å². The fourth-order valence-electron chi connectivity index (χ4n) is 3.30. The van der Waals surface area contributed by atoms with Gasteiger partial charge in [0.25, 0.3) is 5.91 Å². The smallest absolute Gasteiger partial charge is 0.283 e. The highest BCUT2D eigenvalue weighted by Crippen LogP contribution is 2.31. The van der Waals surface area contributed by atoms with Crippen molar-refractivity contribution in [3.05, 3.63) is 33.8 Å². The summed E-state index contributed by atoms with van der Waals surface area (Å²) in [6, 6.07) is 5.69. The topological polar surface area (TPSA) is 102 Å². The number of carbonyl (C=O) groups excluding carboxylic acids is 2. The average Bonchev–Trinajstić information content (AvgIpc) is 3.14. The number of fused-ring (bicyclic) bond motifs is 1. The molecule has 0 aliphatic carbocycles. The first-order valence-electron chi connectivity index (χ1n) is 9.65. The third kappa shape index (κ3) is 4.58. The lowest BCUT2D eigenvalue weighted by Crippen LogP contribution is -2.41. The van der Waals surface area contributed by atoms with Crippen LogP contribution in [0.3, 0.4) is 0 Å². The average molecular weight is 505 g/mol. The number of amides is 2. The van der Waals surface area contributed by atoms with Crippen LogP contribution in [-0.4, -0.2) is 78.2 Å². The summed E-state index contributed by atoms with van der Waals surface area (Å²) in [5, 5.41) is 15.0. The van der Waals surface area contributed by atoms with Gasteiger partial charge in [-0.2, -0.15) is 15.1 Å². The molecule has 4 rings (SSSR count). The highest BCUT2D eigenvalue weighted by atomic mass is 79.9. The van der Waals surface area contributed by atoms with Gasteiger partial charge in [-0.1, -0.05) is 6.07 Å². The number of rotatable bonds is 4. The number of hydrogen-bond donors (Lipinski definition) is 1. The third-order valence-electron chi connectivity index (χ3n) is 4.93. The zero-order valence-corrected chi connectivity index (χ0v) is 19.5. The monoisotopic (exact) mass is 504 g/mol. The summed E-state index contributed by atoms with van der Waals surface area (Å²) in [5.74, 6) is -0.592. The van der Waals surface area contributed by atoms with Gasteiger partial charge in [0.1, 0.15) is 5.04 Å². The number of ether oxygens (including phenoxy) is 1. The molecule has 0 aromatic heterocycles. The van der Waals surface area contributed by atoms with Gasteiger partial charge in [-0.05, 0) is 51.5 Å². The molecule has 0 spiro atoms.